The summed E-state index contributed by atoms with van der Waals surface area (Å²) in [6, 6.07) is 10.0. The maximum atomic E-state index is 14.7. The number of aliphatic hydroxyl groups is 5. The van der Waals surface area contributed by atoms with E-state index in [0.29, 0.717) is 24.2 Å². The van der Waals surface area contributed by atoms with Crippen LogP contribution < -0.4 is 10.2 Å². The maximum Gasteiger partial charge on any atom is 0.269 e. The Morgan fingerprint density at radius 1 is 1.08 bits per heavy atom. The summed E-state index contributed by atoms with van der Waals surface area (Å²) in [4.78, 5) is 67.1. The van der Waals surface area contributed by atoms with Crippen LogP contribution in [0.4, 0.5) is 17.1 Å². The van der Waals surface area contributed by atoms with Gasteiger partial charge < -0.3 is 54.9 Å². The van der Waals surface area contributed by atoms with E-state index in [0.717, 1.165) is 6.42 Å². The summed E-state index contributed by atoms with van der Waals surface area (Å²) in [5, 5.41) is 63.9. The number of hydrogen-bond donors (Lipinski definition) is 7. The molecule has 0 saturated carbocycles. The fourth-order valence-electron chi connectivity index (χ4n) is 8.35. The Morgan fingerprint density at radius 3 is 2.40 bits per heavy atom. The van der Waals surface area contributed by atoms with Crippen LogP contribution in [0.3, 0.4) is 0 Å². The van der Waals surface area contributed by atoms with Gasteiger partial charge in [-0.25, -0.2) is 0 Å². The number of likely N-dealkylation sites (tertiary alicyclic amines) is 1. The standard InChI is InChI=1S/C34H44N4O13Si/c1-17-30(52(2,3)49)24(14-25(40)36-12-4-5-21(36)16-39)51-34(17)22-13-20(38(47)48)10-11-23(22)37(33(34)46)15-18-6-8-19(9-7-18)35-31(44)29-27(42)26(41)28(43)32(45)50-29/h6-11,13,17,21,24,26-30,32,39,41-43,45,49H,4-5,12,14-16H2,1-3H3,(H,35,44)/t17-,21+,24+,26+,27+,28-,29+,30-,32-,34+/m1/s1. The highest BCUT2D eigenvalue weighted by Crippen LogP contribution is 2.60. The molecule has 0 aliphatic carbocycles. The van der Waals surface area contributed by atoms with Gasteiger partial charge in [0.25, 0.3) is 17.5 Å². The van der Waals surface area contributed by atoms with Gasteiger partial charge in [0.05, 0.1) is 42.3 Å². The zero-order chi connectivity index (χ0) is 37.9. The summed E-state index contributed by atoms with van der Waals surface area (Å²) in [5.41, 5.74) is -1.15. The largest absolute Gasteiger partial charge is 0.432 e. The minimum atomic E-state index is -3.15. The summed E-state index contributed by atoms with van der Waals surface area (Å²) < 4.78 is 11.7. The number of nitro groups is 1. The van der Waals surface area contributed by atoms with E-state index >= 15 is 0 Å². The Labute approximate surface area is 299 Å². The molecule has 18 heteroatoms. The van der Waals surface area contributed by atoms with Gasteiger partial charge in [0.1, 0.15) is 18.3 Å². The van der Waals surface area contributed by atoms with E-state index in [1.54, 1.807) is 37.1 Å². The number of non-ortho nitro benzene ring substituents is 1. The van der Waals surface area contributed by atoms with Crippen LogP contribution in [0.1, 0.15) is 37.3 Å². The second-order valence-corrected chi connectivity index (χ2v) is 18.6. The fourth-order valence-corrected chi connectivity index (χ4v) is 10.9. The van der Waals surface area contributed by atoms with Gasteiger partial charge in [-0.1, -0.05) is 19.1 Å². The van der Waals surface area contributed by atoms with Gasteiger partial charge in [0, 0.05) is 41.4 Å². The number of carbonyl (C=O) groups excluding carboxylic acids is 3. The number of anilines is 2. The maximum absolute atomic E-state index is 14.7. The Balaban J connectivity index is 1.27. The molecule has 0 bridgehead atoms. The molecule has 1 spiro atoms. The Bertz CT molecular complexity index is 1720. The van der Waals surface area contributed by atoms with Gasteiger partial charge in [-0.05, 0) is 49.7 Å². The van der Waals surface area contributed by atoms with Crippen LogP contribution in [-0.4, -0.2) is 122 Å². The van der Waals surface area contributed by atoms with Crippen LogP contribution in [0.25, 0.3) is 0 Å². The van der Waals surface area contributed by atoms with Crippen LogP contribution in [-0.2, 0) is 36.0 Å². The number of fused-ring (bicyclic) bond motifs is 2. The van der Waals surface area contributed by atoms with Gasteiger partial charge in [-0.3, -0.25) is 24.5 Å². The smallest absolute Gasteiger partial charge is 0.269 e. The van der Waals surface area contributed by atoms with Crippen molar-refractivity contribution in [3.05, 3.63) is 63.7 Å². The third kappa shape index (κ3) is 6.52. The van der Waals surface area contributed by atoms with Crippen LogP contribution >= 0.6 is 0 Å². The van der Waals surface area contributed by atoms with Crippen molar-refractivity contribution >= 4 is 43.1 Å². The van der Waals surface area contributed by atoms with Crippen molar-refractivity contribution in [3.63, 3.8) is 0 Å². The molecule has 0 unspecified atom stereocenters. The number of nitro benzene ring substituents is 1. The van der Waals surface area contributed by atoms with Crippen molar-refractivity contribution in [2.45, 2.75) is 99.8 Å². The van der Waals surface area contributed by atoms with Gasteiger partial charge >= 0.3 is 0 Å². The number of amides is 3. The highest BCUT2D eigenvalue weighted by molar-refractivity contribution is 6.71. The first-order valence-electron chi connectivity index (χ1n) is 17.2. The molecule has 0 aromatic heterocycles. The van der Waals surface area contributed by atoms with Crippen molar-refractivity contribution in [3.8, 4) is 0 Å². The molecule has 3 fully saturated rings. The molecule has 3 saturated heterocycles. The molecular weight excluding hydrogens is 700 g/mol. The van der Waals surface area contributed by atoms with Crippen molar-refractivity contribution in [1.29, 1.82) is 0 Å². The number of rotatable bonds is 9. The van der Waals surface area contributed by atoms with Crippen molar-refractivity contribution in [2.24, 2.45) is 5.92 Å². The molecule has 4 aliphatic heterocycles. The molecule has 4 aliphatic rings. The van der Waals surface area contributed by atoms with E-state index in [9.17, 15) is 54.8 Å². The Kier molecular flexibility index (Phi) is 10.3. The zero-order valence-corrected chi connectivity index (χ0v) is 29.9. The summed E-state index contributed by atoms with van der Waals surface area (Å²) in [5.74, 6) is -2.35. The molecule has 0 radical (unpaired) electrons. The average Bonchev–Trinajstić information content (AvgIpc) is 3.76. The number of hydrogen-bond acceptors (Lipinski definition) is 13. The summed E-state index contributed by atoms with van der Waals surface area (Å²) in [7, 11) is -3.15. The van der Waals surface area contributed by atoms with E-state index in [1.807, 2.05) is 0 Å². The number of benzene rings is 2. The molecule has 6 rings (SSSR count). The average molecular weight is 745 g/mol. The molecule has 17 nitrogen and oxygen atoms in total. The lowest BCUT2D eigenvalue weighted by molar-refractivity contribution is -0.385. The molecular formula is C34H44N4O13Si. The monoisotopic (exact) mass is 744 g/mol. The van der Waals surface area contributed by atoms with Crippen molar-refractivity contribution < 1.29 is 59.1 Å². The number of nitrogens with one attached hydrogen (secondary N) is 1. The topological polar surface area (TPSA) is 253 Å². The number of ether oxygens (including phenoxy) is 2. The van der Waals surface area contributed by atoms with Gasteiger partial charge in [0.2, 0.25) is 5.91 Å². The van der Waals surface area contributed by atoms with Gasteiger partial charge in [0.15, 0.2) is 26.3 Å². The predicted octanol–water partition coefficient (Wildman–Crippen LogP) is 0.0512. The van der Waals surface area contributed by atoms with Gasteiger partial charge in [-0.2, -0.15) is 0 Å². The highest BCUT2D eigenvalue weighted by atomic mass is 28.4. The number of nitrogens with zero attached hydrogens (tertiary/aromatic N) is 3. The van der Waals surface area contributed by atoms with E-state index in [2.05, 4.69) is 5.32 Å². The minimum absolute atomic E-state index is 0.0173. The van der Waals surface area contributed by atoms with E-state index in [4.69, 9.17) is 9.47 Å². The van der Waals surface area contributed by atoms with Crippen LogP contribution in [0, 0.1) is 16.0 Å². The molecule has 282 valence electrons. The van der Waals surface area contributed by atoms with Crippen molar-refractivity contribution in [2.75, 3.05) is 23.4 Å². The number of aliphatic hydroxyl groups excluding tert-OH is 5. The van der Waals surface area contributed by atoms with Gasteiger partial charge in [-0.15, -0.1) is 0 Å². The van der Waals surface area contributed by atoms with Crippen LogP contribution in [0.5, 0.6) is 0 Å². The molecule has 3 amide bonds. The first-order chi connectivity index (χ1) is 24.5. The normalized spacial score (nSPS) is 33.1. The number of carbonyl (C=O) groups is 3. The van der Waals surface area contributed by atoms with Crippen LogP contribution in [0.2, 0.25) is 18.6 Å². The third-order valence-electron chi connectivity index (χ3n) is 10.9. The van der Waals surface area contributed by atoms with Crippen LogP contribution in [0.15, 0.2) is 42.5 Å². The second kappa shape index (κ2) is 14.2. The highest BCUT2D eigenvalue weighted by Gasteiger charge is 2.67. The molecule has 52 heavy (non-hydrogen) atoms. The SMILES string of the molecule is C[C@@H]1[C@@H]([Si](C)(C)O)[C@H](CC(=O)N2CCC[C@H]2CO)O[C@@]12C(=O)N(Cc1ccc(NC(=O)[C@H]3O[C@@H](O)[C@H](O)[C@@H](O)[C@@H]3O)cc1)c1ccc([N+](=O)[O-])cc12. The lowest BCUT2D eigenvalue weighted by atomic mass is 9.82. The summed E-state index contributed by atoms with van der Waals surface area (Å²) in [6.45, 7) is 5.45. The summed E-state index contributed by atoms with van der Waals surface area (Å²) in [6.07, 6.45) is -8.63. The Hall–Kier alpha value is -3.85. The first kappa shape index (κ1) is 37.9. The van der Waals surface area contributed by atoms with E-state index in [1.165, 1.54) is 35.2 Å². The molecule has 4 heterocycles. The molecule has 7 N–H and O–H groups in total. The van der Waals surface area contributed by atoms with Crippen molar-refractivity contribution in [1.82, 2.24) is 4.90 Å². The minimum Gasteiger partial charge on any atom is -0.432 e. The summed E-state index contributed by atoms with van der Waals surface area (Å²) >= 11 is 0. The first-order valence-corrected chi connectivity index (χ1v) is 20.2. The predicted molar refractivity (Wildman–Crippen MR) is 184 cm³/mol. The fraction of sp³-hybridized carbons (Fsp3) is 0.559. The molecule has 2 aromatic rings. The molecule has 10 atom stereocenters. The van der Waals surface area contributed by atoms with E-state index in [-0.39, 0.29) is 48.5 Å². The zero-order valence-electron chi connectivity index (χ0n) is 28.9. The Morgan fingerprint density at radius 2 is 1.77 bits per heavy atom. The lowest BCUT2D eigenvalue weighted by Crippen LogP contribution is -2.60. The van der Waals surface area contributed by atoms with E-state index < -0.39 is 78.9 Å². The second-order valence-electron chi connectivity index (χ2n) is 14.6. The third-order valence-corrected chi connectivity index (χ3v) is 13.4. The lowest BCUT2D eigenvalue weighted by Gasteiger charge is -2.37. The molecule has 2 aromatic carbocycles. The quantitative estimate of drug-likeness (QED) is 0.102.